The van der Waals surface area contributed by atoms with E-state index in [1.54, 1.807) is 25.1 Å². The van der Waals surface area contributed by atoms with Gasteiger partial charge < -0.3 is 5.11 Å². The fourth-order valence-electron chi connectivity index (χ4n) is 1.64. The number of aryl methyl sites for hydroxylation is 1. The number of hydrogen-bond donors (Lipinski definition) is 2. The van der Waals surface area contributed by atoms with E-state index in [2.05, 4.69) is 10.5 Å². The van der Waals surface area contributed by atoms with Gasteiger partial charge >= 0.3 is 0 Å². The Morgan fingerprint density at radius 1 is 1.30 bits per heavy atom. The van der Waals surface area contributed by atoms with Gasteiger partial charge in [0.25, 0.3) is 5.91 Å². The van der Waals surface area contributed by atoms with Gasteiger partial charge in [0.1, 0.15) is 11.6 Å². The molecule has 5 heteroatoms. The van der Waals surface area contributed by atoms with Crippen molar-refractivity contribution in [3.8, 4) is 5.75 Å². The Bertz CT molecular complexity index is 669. The van der Waals surface area contributed by atoms with Gasteiger partial charge in [-0.05, 0) is 36.8 Å². The Labute approximate surface area is 115 Å². The number of carbonyl (C=O) groups excluding carboxylic acids is 1. The highest BCUT2D eigenvalue weighted by Gasteiger charge is 2.05. The lowest BCUT2D eigenvalue weighted by Crippen LogP contribution is -2.17. The van der Waals surface area contributed by atoms with Crippen molar-refractivity contribution in [3.05, 3.63) is 65.0 Å². The van der Waals surface area contributed by atoms with E-state index in [0.717, 1.165) is 6.07 Å². The molecule has 0 saturated heterocycles. The number of hydrogen-bond acceptors (Lipinski definition) is 3. The Morgan fingerprint density at radius 3 is 2.80 bits per heavy atom. The minimum absolute atomic E-state index is 0.108. The van der Waals surface area contributed by atoms with Crippen LogP contribution in [0.15, 0.2) is 47.6 Å². The van der Waals surface area contributed by atoms with Crippen LogP contribution in [0.5, 0.6) is 5.75 Å². The maximum atomic E-state index is 13.0. The predicted molar refractivity (Wildman–Crippen MR) is 74.3 cm³/mol. The summed E-state index contributed by atoms with van der Waals surface area (Å²) < 4.78 is 13.0. The number of hydrazone groups is 1. The second kappa shape index (κ2) is 5.97. The number of phenols is 1. The van der Waals surface area contributed by atoms with Crippen molar-refractivity contribution < 1.29 is 14.3 Å². The van der Waals surface area contributed by atoms with E-state index in [4.69, 9.17) is 0 Å². The van der Waals surface area contributed by atoms with Gasteiger partial charge in [-0.2, -0.15) is 5.10 Å². The lowest BCUT2D eigenvalue weighted by atomic mass is 10.1. The Kier molecular flexibility index (Phi) is 4.10. The molecular formula is C15H13FN2O2. The van der Waals surface area contributed by atoms with E-state index in [-0.39, 0.29) is 11.3 Å². The number of aromatic hydroxyl groups is 1. The second-order valence-electron chi connectivity index (χ2n) is 4.22. The molecule has 20 heavy (non-hydrogen) atoms. The molecule has 0 atom stereocenters. The molecule has 1 amide bonds. The van der Waals surface area contributed by atoms with Crippen molar-refractivity contribution >= 4 is 12.1 Å². The summed E-state index contributed by atoms with van der Waals surface area (Å²) in [4.78, 5) is 11.7. The molecule has 2 rings (SSSR count). The number of nitrogens with zero attached hydrogens (tertiary/aromatic N) is 1. The van der Waals surface area contributed by atoms with Gasteiger partial charge in [0.05, 0.1) is 6.21 Å². The third kappa shape index (κ3) is 3.20. The molecule has 0 aromatic heterocycles. The normalized spacial score (nSPS) is 10.7. The first-order chi connectivity index (χ1) is 9.58. The molecule has 2 N–H and O–H groups in total. The largest absolute Gasteiger partial charge is 0.507 e. The van der Waals surface area contributed by atoms with Crippen LogP contribution in [-0.4, -0.2) is 17.2 Å². The third-order valence-corrected chi connectivity index (χ3v) is 2.73. The molecule has 2 aromatic rings. The summed E-state index contributed by atoms with van der Waals surface area (Å²) in [6.45, 7) is 1.76. The second-order valence-corrected chi connectivity index (χ2v) is 4.22. The van der Waals surface area contributed by atoms with Crippen molar-refractivity contribution in [2.45, 2.75) is 6.92 Å². The summed E-state index contributed by atoms with van der Waals surface area (Å²) in [6.07, 6.45) is 1.33. The zero-order valence-electron chi connectivity index (χ0n) is 10.8. The molecule has 0 unspecified atom stereocenters. The monoisotopic (exact) mass is 272 g/mol. The highest BCUT2D eigenvalue weighted by atomic mass is 19.1. The topological polar surface area (TPSA) is 61.7 Å². The Morgan fingerprint density at radius 2 is 2.05 bits per heavy atom. The molecule has 0 aliphatic heterocycles. The molecule has 4 nitrogen and oxygen atoms in total. The van der Waals surface area contributed by atoms with Crippen molar-refractivity contribution in [3.63, 3.8) is 0 Å². The summed E-state index contributed by atoms with van der Waals surface area (Å²) in [5.41, 5.74) is 3.65. The van der Waals surface area contributed by atoms with Crippen LogP contribution in [0.1, 0.15) is 21.5 Å². The van der Waals surface area contributed by atoms with Gasteiger partial charge in [-0.3, -0.25) is 4.79 Å². The van der Waals surface area contributed by atoms with Crippen LogP contribution in [-0.2, 0) is 0 Å². The van der Waals surface area contributed by atoms with E-state index >= 15 is 0 Å². The molecule has 0 radical (unpaired) electrons. The standard InChI is InChI=1S/C15H13FN2O2/c1-10-4-2-6-12(14(10)19)9-17-18-15(20)11-5-3-7-13(16)8-11/h2-9,19H,1H3,(H,18,20)/b17-9+. The number of amides is 1. The number of carbonyl (C=O) groups is 1. The fourth-order valence-corrected chi connectivity index (χ4v) is 1.64. The number of para-hydroxylation sites is 1. The molecular weight excluding hydrogens is 259 g/mol. The van der Waals surface area contributed by atoms with Crippen LogP contribution in [0.4, 0.5) is 4.39 Å². The van der Waals surface area contributed by atoms with Crippen molar-refractivity contribution in [2.75, 3.05) is 0 Å². The van der Waals surface area contributed by atoms with E-state index < -0.39 is 11.7 Å². The average Bonchev–Trinajstić information content (AvgIpc) is 2.43. The number of halogens is 1. The number of rotatable bonds is 3. The molecule has 0 aliphatic carbocycles. The third-order valence-electron chi connectivity index (χ3n) is 2.73. The molecule has 0 saturated carbocycles. The zero-order chi connectivity index (χ0) is 14.5. The maximum absolute atomic E-state index is 13.0. The Balaban J connectivity index is 2.07. The van der Waals surface area contributed by atoms with E-state index in [1.807, 2.05) is 0 Å². The zero-order valence-corrected chi connectivity index (χ0v) is 10.8. The van der Waals surface area contributed by atoms with Crippen molar-refractivity contribution in [1.29, 1.82) is 0 Å². The van der Waals surface area contributed by atoms with E-state index in [1.165, 1.54) is 24.4 Å². The van der Waals surface area contributed by atoms with E-state index in [9.17, 15) is 14.3 Å². The SMILES string of the molecule is Cc1cccc(/C=N/NC(=O)c2cccc(F)c2)c1O. The van der Waals surface area contributed by atoms with Crippen LogP contribution in [0.3, 0.4) is 0 Å². The van der Waals surface area contributed by atoms with Gasteiger partial charge in [0.2, 0.25) is 0 Å². The lowest BCUT2D eigenvalue weighted by molar-refractivity contribution is 0.0954. The summed E-state index contributed by atoms with van der Waals surface area (Å²) in [7, 11) is 0. The van der Waals surface area contributed by atoms with Crippen LogP contribution in [0.2, 0.25) is 0 Å². The minimum atomic E-state index is -0.520. The quantitative estimate of drug-likeness (QED) is 0.666. The summed E-state index contributed by atoms with van der Waals surface area (Å²) in [5, 5.41) is 13.5. The highest BCUT2D eigenvalue weighted by molar-refractivity contribution is 5.95. The summed E-state index contributed by atoms with van der Waals surface area (Å²) in [5.74, 6) is -0.901. The first-order valence-electron chi connectivity index (χ1n) is 5.95. The Hall–Kier alpha value is -2.69. The highest BCUT2D eigenvalue weighted by Crippen LogP contribution is 2.19. The molecule has 0 heterocycles. The molecule has 2 aromatic carbocycles. The van der Waals surface area contributed by atoms with Gasteiger partial charge in [0, 0.05) is 11.1 Å². The van der Waals surface area contributed by atoms with E-state index in [0.29, 0.717) is 11.1 Å². The number of nitrogens with one attached hydrogen (secondary N) is 1. The molecule has 0 fully saturated rings. The molecule has 0 aliphatic rings. The van der Waals surface area contributed by atoms with Crippen molar-refractivity contribution in [1.82, 2.24) is 5.43 Å². The van der Waals surface area contributed by atoms with Crippen LogP contribution < -0.4 is 5.43 Å². The fraction of sp³-hybridized carbons (Fsp3) is 0.0667. The predicted octanol–water partition coefficient (Wildman–Crippen LogP) is 2.60. The van der Waals surface area contributed by atoms with Gasteiger partial charge in [-0.25, -0.2) is 9.82 Å². The minimum Gasteiger partial charge on any atom is -0.507 e. The van der Waals surface area contributed by atoms with Gasteiger partial charge in [-0.15, -0.1) is 0 Å². The van der Waals surface area contributed by atoms with Crippen LogP contribution in [0.25, 0.3) is 0 Å². The molecule has 102 valence electrons. The average molecular weight is 272 g/mol. The van der Waals surface area contributed by atoms with Crippen LogP contribution >= 0.6 is 0 Å². The van der Waals surface area contributed by atoms with Gasteiger partial charge in [0.15, 0.2) is 0 Å². The van der Waals surface area contributed by atoms with Crippen molar-refractivity contribution in [2.24, 2.45) is 5.10 Å². The number of benzene rings is 2. The molecule has 0 bridgehead atoms. The first kappa shape index (κ1) is 13.7. The summed E-state index contributed by atoms with van der Waals surface area (Å²) >= 11 is 0. The first-order valence-corrected chi connectivity index (χ1v) is 5.95. The summed E-state index contributed by atoms with van der Waals surface area (Å²) in [6, 6.07) is 10.5. The molecule has 0 spiro atoms. The smallest absolute Gasteiger partial charge is 0.271 e. The number of phenolic OH excluding ortho intramolecular Hbond substituents is 1. The maximum Gasteiger partial charge on any atom is 0.271 e. The lowest BCUT2D eigenvalue weighted by Gasteiger charge is -2.02. The van der Waals surface area contributed by atoms with Gasteiger partial charge in [-0.1, -0.05) is 18.2 Å². The van der Waals surface area contributed by atoms with Crippen LogP contribution in [0, 0.1) is 12.7 Å².